The molecule has 0 unspecified atom stereocenters. The molecule has 1 amide bonds. The van der Waals surface area contributed by atoms with Gasteiger partial charge in [0.15, 0.2) is 0 Å². The second-order valence-electron chi connectivity index (χ2n) is 6.40. The summed E-state index contributed by atoms with van der Waals surface area (Å²) in [6.45, 7) is 8.85. The Morgan fingerprint density at radius 2 is 1.76 bits per heavy atom. The summed E-state index contributed by atoms with van der Waals surface area (Å²) in [5.41, 5.74) is 1.82. The molecule has 0 spiro atoms. The molecule has 7 heteroatoms. The van der Waals surface area contributed by atoms with Crippen LogP contribution in [0, 0.1) is 0 Å². The third-order valence-electron chi connectivity index (χ3n) is 4.56. The predicted octanol–water partition coefficient (Wildman–Crippen LogP) is 1.51. The van der Waals surface area contributed by atoms with Crippen LogP contribution in [0.4, 0.5) is 0 Å². The molecule has 1 aromatic heterocycles. The smallest absolute Gasteiger partial charge is 0.333 e. The van der Waals surface area contributed by atoms with Crippen molar-refractivity contribution in [2.45, 2.75) is 40.7 Å². The first kappa shape index (κ1) is 22.6. The van der Waals surface area contributed by atoms with E-state index in [1.807, 2.05) is 38.1 Å². The first-order chi connectivity index (χ1) is 13.9. The van der Waals surface area contributed by atoms with Crippen molar-refractivity contribution in [2.24, 2.45) is 0 Å². The zero-order valence-corrected chi connectivity index (χ0v) is 18.3. The summed E-state index contributed by atoms with van der Waals surface area (Å²) in [4.78, 5) is 39.2. The number of nitrogens with zero attached hydrogens (tertiary/aromatic N) is 2. The lowest BCUT2D eigenvalue weighted by molar-refractivity contribution is -0.135. The van der Waals surface area contributed by atoms with Crippen molar-refractivity contribution in [1.82, 2.24) is 9.47 Å². The molecule has 0 fully saturated rings. The molecule has 0 aliphatic rings. The van der Waals surface area contributed by atoms with Gasteiger partial charge in [-0.15, -0.1) is 11.3 Å². The van der Waals surface area contributed by atoms with Crippen molar-refractivity contribution in [3.8, 4) is 0 Å². The van der Waals surface area contributed by atoms with Gasteiger partial charge >= 0.3 is 5.97 Å². The molecule has 0 aliphatic carbocycles. The van der Waals surface area contributed by atoms with Crippen LogP contribution in [0.15, 0.2) is 29.1 Å². The van der Waals surface area contributed by atoms with Crippen LogP contribution in [0.5, 0.6) is 0 Å². The van der Waals surface area contributed by atoms with E-state index in [2.05, 4.69) is 6.92 Å². The fourth-order valence-electron chi connectivity index (χ4n) is 2.89. The number of aryl methyl sites for hydroxylation is 1. The van der Waals surface area contributed by atoms with E-state index in [0.717, 1.165) is 12.0 Å². The normalized spacial score (nSPS) is 12.3. The maximum atomic E-state index is 13.0. The van der Waals surface area contributed by atoms with E-state index in [1.165, 1.54) is 27.5 Å². The number of likely N-dealkylation sites (N-methyl/N-ethyl adjacent to an activating group) is 1. The van der Waals surface area contributed by atoms with Gasteiger partial charge in [0.05, 0.1) is 17.2 Å². The fraction of sp³-hybridized carbons (Fsp3) is 0.409. The zero-order chi connectivity index (χ0) is 21.4. The highest BCUT2D eigenvalue weighted by Crippen LogP contribution is 2.05. The maximum Gasteiger partial charge on any atom is 0.333 e. The number of amides is 1. The Bertz CT molecular complexity index is 1010. The topological polar surface area (TPSA) is 68.6 Å². The Morgan fingerprint density at radius 3 is 2.31 bits per heavy atom. The van der Waals surface area contributed by atoms with E-state index in [-0.39, 0.29) is 24.6 Å². The Balaban J connectivity index is 2.55. The number of aromatic nitrogens is 1. The van der Waals surface area contributed by atoms with E-state index in [1.54, 1.807) is 17.9 Å². The molecule has 29 heavy (non-hydrogen) atoms. The lowest BCUT2D eigenvalue weighted by Crippen LogP contribution is -2.40. The third kappa shape index (κ3) is 5.90. The molecule has 0 saturated carbocycles. The largest absolute Gasteiger partial charge is 0.463 e. The van der Waals surface area contributed by atoms with Crippen LogP contribution in [0.3, 0.4) is 0 Å². The van der Waals surface area contributed by atoms with Gasteiger partial charge in [0, 0.05) is 13.1 Å². The summed E-state index contributed by atoms with van der Waals surface area (Å²) in [6, 6.07) is 7.96. The van der Waals surface area contributed by atoms with Gasteiger partial charge in [-0.1, -0.05) is 31.2 Å². The number of ether oxygens (including phenoxy) is 1. The summed E-state index contributed by atoms with van der Waals surface area (Å²) in [5.74, 6) is -0.691. The van der Waals surface area contributed by atoms with Gasteiger partial charge < -0.3 is 9.64 Å². The van der Waals surface area contributed by atoms with Crippen LogP contribution in [-0.4, -0.2) is 41.0 Å². The third-order valence-corrected chi connectivity index (χ3v) is 5.62. The lowest BCUT2D eigenvalue weighted by atomic mass is 10.1. The van der Waals surface area contributed by atoms with Gasteiger partial charge in [-0.3, -0.25) is 14.2 Å². The number of rotatable bonds is 8. The summed E-state index contributed by atoms with van der Waals surface area (Å²) in [6.07, 6.45) is 4.01. The molecule has 0 N–H and O–H groups in total. The second kappa shape index (κ2) is 10.8. The summed E-state index contributed by atoms with van der Waals surface area (Å²) in [5, 5.41) is 0. The first-order valence-electron chi connectivity index (χ1n) is 9.89. The van der Waals surface area contributed by atoms with Crippen LogP contribution < -0.4 is 14.8 Å². The molecule has 0 saturated heterocycles. The molecule has 156 valence electrons. The number of esters is 1. The minimum Gasteiger partial charge on any atom is -0.463 e. The predicted molar refractivity (Wildman–Crippen MR) is 116 cm³/mol. The molecule has 0 atom stereocenters. The van der Waals surface area contributed by atoms with Gasteiger partial charge in [-0.05, 0) is 44.4 Å². The van der Waals surface area contributed by atoms with Gasteiger partial charge in [-0.25, -0.2) is 4.79 Å². The van der Waals surface area contributed by atoms with Crippen LogP contribution >= 0.6 is 11.3 Å². The molecular formula is C22H28N2O4S. The van der Waals surface area contributed by atoms with E-state index in [9.17, 15) is 14.4 Å². The van der Waals surface area contributed by atoms with E-state index < -0.39 is 5.97 Å². The molecule has 6 nitrogen and oxygen atoms in total. The second-order valence-corrected chi connectivity index (χ2v) is 7.46. The van der Waals surface area contributed by atoms with Gasteiger partial charge in [0.1, 0.15) is 11.2 Å². The van der Waals surface area contributed by atoms with E-state index in [4.69, 9.17) is 4.74 Å². The van der Waals surface area contributed by atoms with Crippen molar-refractivity contribution in [1.29, 1.82) is 0 Å². The van der Waals surface area contributed by atoms with Crippen molar-refractivity contribution >= 4 is 35.4 Å². The highest BCUT2D eigenvalue weighted by atomic mass is 32.1. The molecule has 2 aromatic rings. The van der Waals surface area contributed by atoms with Crippen molar-refractivity contribution in [3.05, 3.63) is 54.9 Å². The standard InChI is InChI=1S/C22H28N2O4S/c1-5-16-9-11-17(12-10-16)13-18-22(27)24(15-19(25)23(6-2)7-3)20(29-18)14-21(26)28-8-4/h9-14H,5-8,15H2,1-4H3. The molecular weight excluding hydrogens is 388 g/mol. The maximum absolute atomic E-state index is 13.0. The molecule has 2 rings (SSSR count). The monoisotopic (exact) mass is 416 g/mol. The fourth-order valence-corrected chi connectivity index (χ4v) is 3.92. The molecule has 0 aliphatic heterocycles. The summed E-state index contributed by atoms with van der Waals surface area (Å²) in [7, 11) is 0. The van der Waals surface area contributed by atoms with Crippen LogP contribution in [0.1, 0.15) is 38.8 Å². The van der Waals surface area contributed by atoms with Crippen LogP contribution in [-0.2, 0) is 27.3 Å². The number of thiazole rings is 1. The van der Waals surface area contributed by atoms with E-state index >= 15 is 0 Å². The minimum atomic E-state index is -0.531. The Morgan fingerprint density at radius 1 is 1.10 bits per heavy atom. The van der Waals surface area contributed by atoms with Crippen LogP contribution in [0.2, 0.25) is 0 Å². The summed E-state index contributed by atoms with van der Waals surface area (Å²) < 4.78 is 7.21. The van der Waals surface area contributed by atoms with Crippen molar-refractivity contribution in [2.75, 3.05) is 19.7 Å². The number of hydrogen-bond donors (Lipinski definition) is 0. The zero-order valence-electron chi connectivity index (χ0n) is 17.4. The number of carbonyl (C=O) groups is 2. The van der Waals surface area contributed by atoms with Crippen molar-refractivity contribution < 1.29 is 14.3 Å². The van der Waals surface area contributed by atoms with Gasteiger partial charge in [0.25, 0.3) is 5.56 Å². The summed E-state index contributed by atoms with van der Waals surface area (Å²) >= 11 is 1.18. The average molecular weight is 417 g/mol. The van der Waals surface area contributed by atoms with Crippen molar-refractivity contribution in [3.63, 3.8) is 0 Å². The first-order valence-corrected chi connectivity index (χ1v) is 10.7. The Labute approximate surface area is 174 Å². The number of hydrogen-bond acceptors (Lipinski definition) is 5. The van der Waals surface area contributed by atoms with E-state index in [0.29, 0.717) is 22.3 Å². The average Bonchev–Trinajstić information content (AvgIpc) is 2.98. The van der Waals surface area contributed by atoms with Crippen LogP contribution in [0.25, 0.3) is 12.2 Å². The molecule has 0 bridgehead atoms. The highest BCUT2D eigenvalue weighted by molar-refractivity contribution is 7.07. The number of carbonyl (C=O) groups excluding carboxylic acids is 2. The van der Waals surface area contributed by atoms with Gasteiger partial charge in [-0.2, -0.15) is 0 Å². The molecule has 1 heterocycles. The molecule has 0 radical (unpaired) electrons. The Kier molecular flexibility index (Phi) is 8.39. The number of benzene rings is 1. The Hall–Kier alpha value is -2.67. The quantitative estimate of drug-likeness (QED) is 0.612. The minimum absolute atomic E-state index is 0.106. The highest BCUT2D eigenvalue weighted by Gasteiger charge is 2.14. The SMILES string of the molecule is CCOC(=O)C=c1sc(=Cc2ccc(CC)cc2)c(=O)n1CC(=O)N(CC)CC. The molecule has 1 aromatic carbocycles. The lowest BCUT2D eigenvalue weighted by Gasteiger charge is -2.18. The van der Waals surface area contributed by atoms with Gasteiger partial charge in [0.2, 0.25) is 5.91 Å².